The van der Waals surface area contributed by atoms with Gasteiger partial charge in [-0.2, -0.15) is 13.2 Å². The predicted molar refractivity (Wildman–Crippen MR) is 156 cm³/mol. The number of hydrogen-bond donors (Lipinski definition) is 0. The molecule has 0 fully saturated rings. The first-order valence-electron chi connectivity index (χ1n) is 14.6. The molecule has 0 saturated heterocycles. The molecule has 0 amide bonds. The second-order valence-electron chi connectivity index (χ2n) is 10.9. The zero-order valence-electron chi connectivity index (χ0n) is 23.8. The van der Waals surface area contributed by atoms with Crippen molar-refractivity contribution >= 4 is 10.8 Å². The number of unbranched alkanes of at least 4 members (excludes halogenated alkanes) is 4. The smallest absolute Gasteiger partial charge is 0.422 e. The molecular formula is C35H36F6O. The second kappa shape index (κ2) is 14.6. The summed E-state index contributed by atoms with van der Waals surface area (Å²) in [5.74, 6) is -3.92. The van der Waals surface area contributed by atoms with Crippen molar-refractivity contribution in [1.82, 2.24) is 0 Å². The average molecular weight is 587 g/mol. The van der Waals surface area contributed by atoms with Crippen molar-refractivity contribution in [1.29, 1.82) is 0 Å². The lowest BCUT2D eigenvalue weighted by Crippen LogP contribution is -2.20. The average Bonchev–Trinajstić information content (AvgIpc) is 2.95. The molecule has 7 heteroatoms. The van der Waals surface area contributed by atoms with Crippen LogP contribution in [0.25, 0.3) is 10.8 Å². The highest BCUT2D eigenvalue weighted by Crippen LogP contribution is 2.28. The van der Waals surface area contributed by atoms with Gasteiger partial charge in [0.2, 0.25) is 0 Å². The monoisotopic (exact) mass is 586 g/mol. The lowest BCUT2D eigenvalue weighted by Gasteiger charge is -2.12. The molecule has 0 bridgehead atoms. The zero-order valence-corrected chi connectivity index (χ0v) is 23.8. The number of aryl methyl sites for hydroxylation is 5. The topological polar surface area (TPSA) is 9.23 Å². The Morgan fingerprint density at radius 1 is 0.595 bits per heavy atom. The Bertz CT molecular complexity index is 1440. The number of fused-ring (bicyclic) bond motifs is 1. The highest BCUT2D eigenvalue weighted by atomic mass is 19.4. The van der Waals surface area contributed by atoms with Gasteiger partial charge in [-0.05, 0) is 83.9 Å². The molecule has 0 N–H and O–H groups in total. The summed E-state index contributed by atoms with van der Waals surface area (Å²) in [6.07, 6.45) is 4.74. The van der Waals surface area contributed by atoms with Gasteiger partial charge in [0.25, 0.3) is 0 Å². The van der Waals surface area contributed by atoms with E-state index >= 15 is 4.39 Å². The Morgan fingerprint density at radius 2 is 1.19 bits per heavy atom. The van der Waals surface area contributed by atoms with E-state index in [-0.39, 0.29) is 18.4 Å². The first-order chi connectivity index (χ1) is 20.1. The molecular weight excluding hydrogens is 550 g/mol. The minimum Gasteiger partial charge on any atom is -0.478 e. The maximum Gasteiger partial charge on any atom is 0.422 e. The molecule has 0 unspecified atom stereocenters. The van der Waals surface area contributed by atoms with Crippen LogP contribution >= 0.6 is 0 Å². The fourth-order valence-corrected chi connectivity index (χ4v) is 5.16. The fourth-order valence-electron chi connectivity index (χ4n) is 5.16. The molecule has 4 aromatic carbocycles. The van der Waals surface area contributed by atoms with Crippen LogP contribution in [0.3, 0.4) is 0 Å². The first kappa shape index (κ1) is 31.5. The van der Waals surface area contributed by atoms with E-state index in [1.807, 2.05) is 18.2 Å². The third-order valence-electron chi connectivity index (χ3n) is 7.51. The van der Waals surface area contributed by atoms with Gasteiger partial charge in [0.05, 0.1) is 0 Å². The van der Waals surface area contributed by atoms with E-state index < -0.39 is 36.0 Å². The van der Waals surface area contributed by atoms with Crippen LogP contribution < -0.4 is 4.74 Å². The van der Waals surface area contributed by atoms with Gasteiger partial charge in [-0.25, -0.2) is 13.2 Å². The van der Waals surface area contributed by atoms with Crippen LogP contribution in [0.4, 0.5) is 26.3 Å². The van der Waals surface area contributed by atoms with Crippen molar-refractivity contribution in [3.8, 4) is 5.75 Å². The standard InChI is InChI=1S/C35H36F6O/c1-2-3-4-5-6-7-24-8-10-25(11-9-24)12-13-26-15-19-30-29(20-26)18-17-28(33(30)38)16-14-27-21-31(36)34(32(37)22-27)42-23-35(39,40)41/h8-11,15,17-22H,2-7,12-14,16,23H2,1H3. The van der Waals surface area contributed by atoms with Gasteiger partial charge in [-0.3, -0.25) is 0 Å². The van der Waals surface area contributed by atoms with Crippen LogP contribution in [0.5, 0.6) is 5.75 Å². The molecule has 0 aromatic heterocycles. The number of ether oxygens (including phenoxy) is 1. The van der Waals surface area contributed by atoms with Gasteiger partial charge in [0, 0.05) is 5.39 Å². The van der Waals surface area contributed by atoms with Gasteiger partial charge in [0.1, 0.15) is 5.82 Å². The summed E-state index contributed by atoms with van der Waals surface area (Å²) in [4.78, 5) is 0. The van der Waals surface area contributed by atoms with E-state index in [0.717, 1.165) is 42.3 Å². The summed E-state index contributed by atoms with van der Waals surface area (Å²) >= 11 is 0. The largest absolute Gasteiger partial charge is 0.478 e. The van der Waals surface area contributed by atoms with E-state index in [9.17, 15) is 22.0 Å². The third kappa shape index (κ3) is 9.01. The molecule has 224 valence electrons. The van der Waals surface area contributed by atoms with E-state index in [0.29, 0.717) is 10.9 Å². The van der Waals surface area contributed by atoms with Crippen LogP contribution in [-0.4, -0.2) is 12.8 Å². The highest BCUT2D eigenvalue weighted by molar-refractivity contribution is 5.84. The lowest BCUT2D eigenvalue weighted by molar-refractivity contribution is -0.154. The van der Waals surface area contributed by atoms with Gasteiger partial charge in [-0.15, -0.1) is 0 Å². The molecule has 0 aliphatic heterocycles. The van der Waals surface area contributed by atoms with Crippen LogP contribution in [0.2, 0.25) is 0 Å². The van der Waals surface area contributed by atoms with E-state index in [1.54, 1.807) is 12.1 Å². The fraction of sp³-hybridized carbons (Fsp3) is 0.371. The summed E-state index contributed by atoms with van der Waals surface area (Å²) in [5.41, 5.74) is 4.32. The molecule has 0 atom stereocenters. The number of hydrogen-bond acceptors (Lipinski definition) is 1. The summed E-state index contributed by atoms with van der Waals surface area (Å²) in [7, 11) is 0. The van der Waals surface area contributed by atoms with Crippen LogP contribution in [0.1, 0.15) is 66.8 Å². The number of alkyl halides is 3. The number of benzene rings is 4. The van der Waals surface area contributed by atoms with E-state index in [1.165, 1.54) is 43.2 Å². The molecule has 0 spiro atoms. The molecule has 0 aliphatic carbocycles. The minimum atomic E-state index is -4.72. The van der Waals surface area contributed by atoms with Crippen molar-refractivity contribution in [3.63, 3.8) is 0 Å². The molecule has 0 aliphatic rings. The van der Waals surface area contributed by atoms with Crippen LogP contribution in [0, 0.1) is 17.5 Å². The SMILES string of the molecule is CCCCCCCc1ccc(CCc2ccc3c(F)c(CCc4cc(F)c(OCC(F)(F)F)c(F)c4)ccc3c2)cc1. The van der Waals surface area contributed by atoms with Crippen LogP contribution in [0.15, 0.2) is 66.7 Å². The summed E-state index contributed by atoms with van der Waals surface area (Å²) in [6.45, 7) is 0.428. The first-order valence-corrected chi connectivity index (χ1v) is 14.6. The second-order valence-corrected chi connectivity index (χ2v) is 10.9. The van der Waals surface area contributed by atoms with Crippen molar-refractivity contribution in [2.24, 2.45) is 0 Å². The van der Waals surface area contributed by atoms with Crippen molar-refractivity contribution in [3.05, 3.63) is 112 Å². The van der Waals surface area contributed by atoms with E-state index in [2.05, 4.69) is 35.9 Å². The Hall–Kier alpha value is -3.48. The maximum atomic E-state index is 15.3. The molecule has 1 nitrogen and oxygen atoms in total. The van der Waals surface area contributed by atoms with Gasteiger partial charge in [0.15, 0.2) is 24.0 Å². The van der Waals surface area contributed by atoms with Crippen molar-refractivity contribution in [2.45, 2.75) is 77.3 Å². The van der Waals surface area contributed by atoms with E-state index in [4.69, 9.17) is 0 Å². The van der Waals surface area contributed by atoms with Crippen molar-refractivity contribution in [2.75, 3.05) is 6.61 Å². The molecule has 4 aromatic rings. The van der Waals surface area contributed by atoms with Gasteiger partial charge < -0.3 is 4.74 Å². The van der Waals surface area contributed by atoms with Gasteiger partial charge in [-0.1, -0.05) is 87.2 Å². The Balaban J connectivity index is 1.33. The number of halogens is 6. The normalized spacial score (nSPS) is 11.8. The zero-order chi connectivity index (χ0) is 30.1. The maximum absolute atomic E-state index is 15.3. The molecule has 42 heavy (non-hydrogen) atoms. The molecule has 0 saturated carbocycles. The summed E-state index contributed by atoms with van der Waals surface area (Å²) in [6, 6.07) is 19.8. The Labute approximate surface area is 243 Å². The molecule has 4 rings (SSSR count). The summed E-state index contributed by atoms with van der Waals surface area (Å²) in [5, 5.41) is 1.24. The number of rotatable bonds is 14. The molecule has 0 heterocycles. The van der Waals surface area contributed by atoms with Crippen molar-refractivity contribution < 1.29 is 31.1 Å². The Kier molecular flexibility index (Phi) is 10.9. The summed E-state index contributed by atoms with van der Waals surface area (Å²) < 4.78 is 85.0. The highest BCUT2D eigenvalue weighted by Gasteiger charge is 2.30. The van der Waals surface area contributed by atoms with Gasteiger partial charge >= 0.3 is 6.18 Å². The predicted octanol–water partition coefficient (Wildman–Crippen LogP) is 10.3. The minimum absolute atomic E-state index is 0.103. The van der Waals surface area contributed by atoms with Crippen LogP contribution in [-0.2, 0) is 32.1 Å². The quantitative estimate of drug-likeness (QED) is 0.106. The molecule has 0 radical (unpaired) electrons. The third-order valence-corrected chi connectivity index (χ3v) is 7.51. The Morgan fingerprint density at radius 3 is 1.86 bits per heavy atom. The lowest BCUT2D eigenvalue weighted by atomic mass is 9.97.